The minimum absolute atomic E-state index is 0.0187. The maximum Gasteiger partial charge on any atom is 0.416 e. The molecule has 0 amide bonds. The van der Waals surface area contributed by atoms with Crippen LogP contribution in [0.1, 0.15) is 5.56 Å². The predicted octanol–water partition coefficient (Wildman–Crippen LogP) is 3.28. The Kier molecular flexibility index (Phi) is 4.61. The van der Waals surface area contributed by atoms with Crippen molar-refractivity contribution in [2.24, 2.45) is 0 Å². The number of nitrogens with one attached hydrogen (secondary N) is 1. The second-order valence-corrected chi connectivity index (χ2v) is 7.05. The molecule has 1 atom stereocenters. The molecule has 3 rings (SSSR count). The van der Waals surface area contributed by atoms with E-state index in [1.165, 1.54) is 12.1 Å². The summed E-state index contributed by atoms with van der Waals surface area (Å²) < 4.78 is 76.3. The quantitative estimate of drug-likeness (QED) is 0.789. The van der Waals surface area contributed by atoms with Crippen LogP contribution < -0.4 is 9.46 Å². The lowest BCUT2D eigenvalue weighted by Crippen LogP contribution is -2.16. The van der Waals surface area contributed by atoms with Gasteiger partial charge in [-0.15, -0.1) is 0 Å². The van der Waals surface area contributed by atoms with Gasteiger partial charge in [-0.05, 0) is 30.3 Å². The topological polar surface area (TPSA) is 67.9 Å². The highest BCUT2D eigenvalue weighted by Gasteiger charge is 2.33. The molecular formula is C16H14F3NO4S. The number of anilines is 1. The summed E-state index contributed by atoms with van der Waals surface area (Å²) in [6.07, 6.45) is -4.84. The van der Waals surface area contributed by atoms with Crippen LogP contribution in [0.4, 0.5) is 18.9 Å². The Morgan fingerprint density at radius 2 is 1.84 bits per heavy atom. The summed E-state index contributed by atoms with van der Waals surface area (Å²) in [5.74, 6) is -0.367. The molecule has 2 aromatic rings. The first kappa shape index (κ1) is 17.6. The van der Waals surface area contributed by atoms with Gasteiger partial charge >= 0.3 is 6.18 Å². The summed E-state index contributed by atoms with van der Waals surface area (Å²) in [6, 6.07) is 10.3. The van der Waals surface area contributed by atoms with Crippen LogP contribution in [-0.2, 0) is 20.9 Å². The maximum absolute atomic E-state index is 12.9. The van der Waals surface area contributed by atoms with E-state index in [0.29, 0.717) is 24.4 Å². The average Bonchev–Trinajstić information content (AvgIpc) is 3.36. The highest BCUT2D eigenvalue weighted by Crippen LogP contribution is 2.35. The Bertz CT molecular complexity index is 849. The number of sulfonamides is 1. The lowest BCUT2D eigenvalue weighted by atomic mass is 10.2. The fourth-order valence-corrected chi connectivity index (χ4v) is 3.27. The van der Waals surface area contributed by atoms with Crippen LogP contribution in [-0.4, -0.2) is 27.7 Å². The smallest absolute Gasteiger partial charge is 0.416 e. The molecule has 9 heteroatoms. The normalized spacial score (nSPS) is 17.2. The number of para-hydroxylation sites is 1. The van der Waals surface area contributed by atoms with Gasteiger partial charge in [-0.3, -0.25) is 4.72 Å². The highest BCUT2D eigenvalue weighted by atomic mass is 32.2. The van der Waals surface area contributed by atoms with Crippen LogP contribution in [0.25, 0.3) is 0 Å². The van der Waals surface area contributed by atoms with E-state index in [1.54, 1.807) is 18.2 Å². The minimum Gasteiger partial charge on any atom is -0.489 e. The summed E-state index contributed by atoms with van der Waals surface area (Å²) in [7, 11) is -4.12. The predicted molar refractivity (Wildman–Crippen MR) is 83.9 cm³/mol. The largest absolute Gasteiger partial charge is 0.489 e. The monoisotopic (exact) mass is 373 g/mol. The lowest BCUT2D eigenvalue weighted by Gasteiger charge is -2.15. The van der Waals surface area contributed by atoms with Crippen molar-refractivity contribution >= 4 is 15.7 Å². The van der Waals surface area contributed by atoms with E-state index >= 15 is 0 Å². The number of rotatable bonds is 6. The SMILES string of the molecule is O=S(=O)(Nc1ccccc1)c1ccc(C(F)(F)F)cc1OCC1CO1. The molecule has 1 saturated heterocycles. The van der Waals surface area contributed by atoms with Gasteiger partial charge in [0.2, 0.25) is 0 Å². The number of halogens is 3. The molecule has 0 saturated carbocycles. The molecule has 0 aromatic heterocycles. The average molecular weight is 373 g/mol. The summed E-state index contributed by atoms with van der Waals surface area (Å²) in [5.41, 5.74) is -0.697. The second-order valence-electron chi connectivity index (χ2n) is 5.40. The van der Waals surface area contributed by atoms with Gasteiger partial charge in [0.15, 0.2) is 0 Å². The zero-order valence-corrected chi connectivity index (χ0v) is 13.6. The van der Waals surface area contributed by atoms with Crippen molar-refractivity contribution in [2.45, 2.75) is 17.2 Å². The standard InChI is InChI=1S/C16H14F3NO4S/c17-16(18,19)11-6-7-15(14(8-11)24-10-13-9-23-13)25(21,22)20-12-4-2-1-3-5-12/h1-8,13,20H,9-10H2. The molecule has 1 unspecified atom stereocenters. The van der Waals surface area contributed by atoms with Crippen molar-refractivity contribution in [3.05, 3.63) is 54.1 Å². The molecule has 0 bridgehead atoms. The van der Waals surface area contributed by atoms with Crippen molar-refractivity contribution in [1.29, 1.82) is 0 Å². The van der Waals surface area contributed by atoms with E-state index in [0.717, 1.165) is 6.07 Å². The van der Waals surface area contributed by atoms with Gasteiger partial charge in [-0.1, -0.05) is 18.2 Å². The molecule has 1 aliphatic rings. The van der Waals surface area contributed by atoms with Gasteiger partial charge in [-0.2, -0.15) is 13.2 Å². The zero-order valence-electron chi connectivity index (χ0n) is 12.8. The molecule has 1 N–H and O–H groups in total. The molecule has 2 aromatic carbocycles. The zero-order chi connectivity index (χ0) is 18.1. The van der Waals surface area contributed by atoms with Crippen molar-refractivity contribution < 1.29 is 31.1 Å². The van der Waals surface area contributed by atoms with Gasteiger partial charge in [-0.25, -0.2) is 8.42 Å². The van der Waals surface area contributed by atoms with Crippen LogP contribution in [0, 0.1) is 0 Å². The maximum atomic E-state index is 12.9. The highest BCUT2D eigenvalue weighted by molar-refractivity contribution is 7.92. The van der Waals surface area contributed by atoms with E-state index in [2.05, 4.69) is 4.72 Å². The molecule has 1 fully saturated rings. The van der Waals surface area contributed by atoms with Gasteiger partial charge in [0, 0.05) is 5.69 Å². The van der Waals surface area contributed by atoms with Crippen molar-refractivity contribution in [3.8, 4) is 5.75 Å². The summed E-state index contributed by atoms with van der Waals surface area (Å²) in [4.78, 5) is -0.370. The first-order valence-corrected chi connectivity index (χ1v) is 8.77. The number of hydrogen-bond donors (Lipinski definition) is 1. The number of benzene rings is 2. The number of alkyl halides is 3. The molecule has 134 valence electrons. The molecular weight excluding hydrogens is 359 g/mol. The van der Waals surface area contributed by atoms with Crippen LogP contribution >= 0.6 is 0 Å². The molecule has 0 spiro atoms. The summed E-state index contributed by atoms with van der Waals surface area (Å²) in [6.45, 7) is 0.415. The van der Waals surface area contributed by atoms with Gasteiger partial charge in [0.1, 0.15) is 23.4 Å². The van der Waals surface area contributed by atoms with Crippen LogP contribution in [0.3, 0.4) is 0 Å². The van der Waals surface area contributed by atoms with Crippen molar-refractivity contribution in [3.63, 3.8) is 0 Å². The number of hydrogen-bond acceptors (Lipinski definition) is 4. The van der Waals surface area contributed by atoms with Gasteiger partial charge < -0.3 is 9.47 Å². The van der Waals surface area contributed by atoms with Gasteiger partial charge in [0.05, 0.1) is 12.2 Å². The fraction of sp³-hybridized carbons (Fsp3) is 0.250. The summed E-state index contributed by atoms with van der Waals surface area (Å²) in [5, 5.41) is 0. The third-order valence-electron chi connectivity index (χ3n) is 3.41. The molecule has 5 nitrogen and oxygen atoms in total. The van der Waals surface area contributed by atoms with Crippen molar-refractivity contribution in [1.82, 2.24) is 0 Å². The van der Waals surface area contributed by atoms with E-state index in [4.69, 9.17) is 9.47 Å². The molecule has 0 radical (unpaired) electrons. The third-order valence-corrected chi connectivity index (χ3v) is 4.83. The Morgan fingerprint density at radius 3 is 2.44 bits per heavy atom. The Labute approximate surface area is 142 Å². The van der Waals surface area contributed by atoms with Gasteiger partial charge in [0.25, 0.3) is 10.0 Å². The molecule has 1 heterocycles. The van der Waals surface area contributed by atoms with Crippen LogP contribution in [0.2, 0.25) is 0 Å². The lowest BCUT2D eigenvalue weighted by molar-refractivity contribution is -0.137. The molecule has 25 heavy (non-hydrogen) atoms. The molecule has 1 aliphatic heterocycles. The number of epoxide rings is 1. The summed E-state index contributed by atoms with van der Waals surface area (Å²) >= 11 is 0. The molecule has 0 aliphatic carbocycles. The van der Waals surface area contributed by atoms with Crippen LogP contribution in [0.15, 0.2) is 53.4 Å². The Hall–Kier alpha value is -2.26. The number of ether oxygens (including phenoxy) is 2. The van der Waals surface area contributed by atoms with E-state index in [1.807, 2.05) is 0 Å². The van der Waals surface area contributed by atoms with E-state index in [-0.39, 0.29) is 23.4 Å². The first-order chi connectivity index (χ1) is 11.8. The minimum atomic E-state index is -4.61. The van der Waals surface area contributed by atoms with Crippen molar-refractivity contribution in [2.75, 3.05) is 17.9 Å². The third kappa shape index (κ3) is 4.43. The Morgan fingerprint density at radius 1 is 1.16 bits per heavy atom. The fourth-order valence-electron chi connectivity index (χ4n) is 2.08. The Balaban J connectivity index is 1.94. The van der Waals surface area contributed by atoms with E-state index in [9.17, 15) is 21.6 Å². The first-order valence-electron chi connectivity index (χ1n) is 7.29. The second kappa shape index (κ2) is 6.57. The van der Waals surface area contributed by atoms with E-state index < -0.39 is 21.8 Å². The van der Waals surface area contributed by atoms with Crippen LogP contribution in [0.5, 0.6) is 5.75 Å².